The highest BCUT2D eigenvalue weighted by Gasteiger charge is 2.51. The van der Waals surface area contributed by atoms with E-state index in [0.29, 0.717) is 5.41 Å². The molecule has 2 spiro atoms. The van der Waals surface area contributed by atoms with Crippen molar-refractivity contribution in [3.8, 4) is 0 Å². The fraction of sp³-hybridized carbons (Fsp3) is 1.00. The van der Waals surface area contributed by atoms with Crippen LogP contribution in [0.5, 0.6) is 0 Å². The molecule has 3 rings (SSSR count). The lowest BCUT2D eigenvalue weighted by atomic mass is 9.71. The first-order valence-corrected chi connectivity index (χ1v) is 6.55. The van der Waals surface area contributed by atoms with Gasteiger partial charge in [0.05, 0.1) is 25.4 Å². The van der Waals surface area contributed by atoms with Crippen molar-refractivity contribution < 1.29 is 9.47 Å². The summed E-state index contributed by atoms with van der Waals surface area (Å²) in [6.45, 7) is 7.36. The van der Waals surface area contributed by atoms with Gasteiger partial charge in [0.25, 0.3) is 0 Å². The minimum Gasteiger partial charge on any atom is -0.377 e. The molecular formula is C13H23NO2. The van der Waals surface area contributed by atoms with Crippen LogP contribution in [0.3, 0.4) is 0 Å². The molecule has 0 aromatic carbocycles. The van der Waals surface area contributed by atoms with Crippen LogP contribution in [-0.4, -0.2) is 31.1 Å². The summed E-state index contributed by atoms with van der Waals surface area (Å²) >= 11 is 0. The Morgan fingerprint density at radius 2 is 1.88 bits per heavy atom. The van der Waals surface area contributed by atoms with Gasteiger partial charge in [0.1, 0.15) is 5.72 Å². The van der Waals surface area contributed by atoms with E-state index in [2.05, 4.69) is 19.2 Å². The van der Waals surface area contributed by atoms with Crippen LogP contribution in [0.1, 0.15) is 46.0 Å². The molecular weight excluding hydrogens is 202 g/mol. The maximum Gasteiger partial charge on any atom is 0.120 e. The van der Waals surface area contributed by atoms with Crippen molar-refractivity contribution in [1.29, 1.82) is 0 Å². The summed E-state index contributed by atoms with van der Waals surface area (Å²) in [6.07, 6.45) is 6.01. The molecule has 92 valence electrons. The van der Waals surface area contributed by atoms with Gasteiger partial charge in [-0.1, -0.05) is 13.8 Å². The second kappa shape index (κ2) is 3.44. The van der Waals surface area contributed by atoms with E-state index in [1.165, 1.54) is 12.8 Å². The lowest BCUT2D eigenvalue weighted by Gasteiger charge is -2.56. The Bertz CT molecular complexity index is 282. The van der Waals surface area contributed by atoms with Crippen molar-refractivity contribution in [2.24, 2.45) is 5.41 Å². The van der Waals surface area contributed by atoms with E-state index in [1.807, 2.05) is 0 Å². The highest BCUT2D eigenvalue weighted by Crippen LogP contribution is 2.45. The van der Waals surface area contributed by atoms with Gasteiger partial charge in [-0.05, 0) is 37.5 Å². The van der Waals surface area contributed by atoms with Gasteiger partial charge in [-0.15, -0.1) is 0 Å². The van der Waals surface area contributed by atoms with Crippen molar-refractivity contribution in [3.63, 3.8) is 0 Å². The monoisotopic (exact) mass is 225 g/mol. The van der Waals surface area contributed by atoms with E-state index in [4.69, 9.17) is 9.47 Å². The van der Waals surface area contributed by atoms with Gasteiger partial charge in [0, 0.05) is 0 Å². The zero-order chi connectivity index (χ0) is 11.3. The molecule has 0 radical (unpaired) electrons. The first-order valence-electron chi connectivity index (χ1n) is 6.55. The summed E-state index contributed by atoms with van der Waals surface area (Å²) in [5.74, 6) is 0. The molecule has 0 amide bonds. The first-order chi connectivity index (χ1) is 7.54. The van der Waals surface area contributed by atoms with Gasteiger partial charge >= 0.3 is 0 Å². The Kier molecular flexibility index (Phi) is 2.36. The van der Waals surface area contributed by atoms with E-state index in [9.17, 15) is 0 Å². The van der Waals surface area contributed by atoms with Gasteiger partial charge < -0.3 is 9.47 Å². The summed E-state index contributed by atoms with van der Waals surface area (Å²) in [7, 11) is 0. The van der Waals surface area contributed by atoms with Crippen molar-refractivity contribution in [1.82, 2.24) is 5.32 Å². The summed E-state index contributed by atoms with van der Waals surface area (Å²) in [4.78, 5) is 0. The highest BCUT2D eigenvalue weighted by atomic mass is 16.5. The Morgan fingerprint density at radius 3 is 2.50 bits per heavy atom. The molecule has 3 fully saturated rings. The Hall–Kier alpha value is -0.120. The summed E-state index contributed by atoms with van der Waals surface area (Å²) < 4.78 is 11.5. The topological polar surface area (TPSA) is 30.5 Å². The Morgan fingerprint density at radius 1 is 1.06 bits per heavy atom. The number of rotatable bonds is 0. The third-order valence-electron chi connectivity index (χ3n) is 4.41. The molecule has 1 saturated carbocycles. The molecule has 0 aromatic heterocycles. The second-order valence-electron chi connectivity index (χ2n) is 6.69. The fourth-order valence-electron chi connectivity index (χ4n) is 3.62. The van der Waals surface area contributed by atoms with Crippen molar-refractivity contribution in [3.05, 3.63) is 0 Å². The molecule has 1 N–H and O–H groups in total. The van der Waals surface area contributed by atoms with Crippen LogP contribution in [0.15, 0.2) is 0 Å². The largest absolute Gasteiger partial charge is 0.377 e. The molecule has 3 nitrogen and oxygen atoms in total. The van der Waals surface area contributed by atoms with E-state index in [-0.39, 0.29) is 11.3 Å². The van der Waals surface area contributed by atoms with Crippen LogP contribution in [-0.2, 0) is 9.47 Å². The molecule has 2 aliphatic heterocycles. The zero-order valence-electron chi connectivity index (χ0n) is 10.5. The molecule has 3 heteroatoms. The molecule has 0 bridgehead atoms. The first kappa shape index (κ1) is 11.0. The minimum absolute atomic E-state index is 0.0518. The standard InChI is InChI=1S/C13H23NO2/c1-11(2)4-3-5-13(8-11)14-12(6-7-16-13)9-15-10-12/h14H,3-10H2,1-2H3. The van der Waals surface area contributed by atoms with Gasteiger partial charge in [-0.25, -0.2) is 0 Å². The van der Waals surface area contributed by atoms with Crippen LogP contribution < -0.4 is 5.32 Å². The highest BCUT2D eigenvalue weighted by molar-refractivity contribution is 5.04. The second-order valence-corrected chi connectivity index (χ2v) is 6.69. The third kappa shape index (κ3) is 1.79. The molecule has 1 atom stereocenters. The molecule has 2 saturated heterocycles. The van der Waals surface area contributed by atoms with Crippen LogP contribution in [0.25, 0.3) is 0 Å². The molecule has 2 heterocycles. The van der Waals surface area contributed by atoms with Crippen LogP contribution in [0.2, 0.25) is 0 Å². The van der Waals surface area contributed by atoms with E-state index in [1.54, 1.807) is 0 Å². The number of hydrogen-bond acceptors (Lipinski definition) is 3. The molecule has 3 aliphatic rings. The van der Waals surface area contributed by atoms with Gasteiger partial charge in [-0.3, -0.25) is 5.32 Å². The van der Waals surface area contributed by atoms with Crippen LogP contribution >= 0.6 is 0 Å². The van der Waals surface area contributed by atoms with Gasteiger partial charge in [-0.2, -0.15) is 0 Å². The predicted octanol–water partition coefficient (Wildman–Crippen LogP) is 2.06. The maximum absolute atomic E-state index is 6.11. The molecule has 0 aromatic rings. The molecule has 16 heavy (non-hydrogen) atoms. The average Bonchev–Trinajstić information content (AvgIpc) is 2.13. The SMILES string of the molecule is CC1(C)CCCC2(C1)NC1(CCO2)COC1. The Labute approximate surface area is 97.9 Å². The lowest BCUT2D eigenvalue weighted by Crippen LogP contribution is -2.72. The van der Waals surface area contributed by atoms with Crippen LogP contribution in [0, 0.1) is 5.41 Å². The number of hydrogen-bond donors (Lipinski definition) is 1. The maximum atomic E-state index is 6.11. The van der Waals surface area contributed by atoms with Gasteiger partial charge in [0.2, 0.25) is 0 Å². The summed E-state index contributed by atoms with van der Waals surface area (Å²) in [5, 5.41) is 3.79. The smallest absolute Gasteiger partial charge is 0.120 e. The predicted molar refractivity (Wildman–Crippen MR) is 62.2 cm³/mol. The van der Waals surface area contributed by atoms with E-state index in [0.717, 1.165) is 39.1 Å². The summed E-state index contributed by atoms with van der Waals surface area (Å²) in [5.41, 5.74) is 0.601. The van der Waals surface area contributed by atoms with Crippen LogP contribution in [0.4, 0.5) is 0 Å². The minimum atomic E-state index is -0.0518. The van der Waals surface area contributed by atoms with Crippen molar-refractivity contribution >= 4 is 0 Å². The quantitative estimate of drug-likeness (QED) is 0.684. The number of nitrogens with one attached hydrogen (secondary N) is 1. The van der Waals surface area contributed by atoms with Gasteiger partial charge in [0.15, 0.2) is 0 Å². The number of ether oxygens (including phenoxy) is 2. The van der Waals surface area contributed by atoms with Crippen molar-refractivity contribution in [2.45, 2.75) is 57.2 Å². The fourth-order valence-corrected chi connectivity index (χ4v) is 3.62. The van der Waals surface area contributed by atoms with E-state index < -0.39 is 0 Å². The molecule has 1 unspecified atom stereocenters. The average molecular weight is 225 g/mol. The van der Waals surface area contributed by atoms with Crippen molar-refractivity contribution in [2.75, 3.05) is 19.8 Å². The summed E-state index contributed by atoms with van der Waals surface area (Å²) in [6, 6.07) is 0. The normalized spacial score (nSPS) is 40.9. The molecule has 1 aliphatic carbocycles. The third-order valence-corrected chi connectivity index (χ3v) is 4.41. The lowest BCUT2D eigenvalue weighted by molar-refractivity contribution is -0.216. The zero-order valence-corrected chi connectivity index (χ0v) is 10.5. The van der Waals surface area contributed by atoms with E-state index >= 15 is 0 Å². The Balaban J connectivity index is 1.76.